The third-order valence-corrected chi connectivity index (χ3v) is 6.77. The molecule has 5 rings (SSSR count). The van der Waals surface area contributed by atoms with Crippen molar-refractivity contribution < 1.29 is 4.74 Å². The van der Waals surface area contributed by atoms with Crippen LogP contribution in [0.2, 0.25) is 0 Å². The van der Waals surface area contributed by atoms with E-state index in [-0.39, 0.29) is 5.60 Å². The Morgan fingerprint density at radius 1 is 1.36 bits per heavy atom. The van der Waals surface area contributed by atoms with Gasteiger partial charge in [-0.25, -0.2) is 15.0 Å². The summed E-state index contributed by atoms with van der Waals surface area (Å²) in [6.45, 7) is 2.98. The van der Waals surface area contributed by atoms with Crippen molar-refractivity contribution >= 4 is 27.5 Å². The summed E-state index contributed by atoms with van der Waals surface area (Å²) in [5.41, 5.74) is 1.10. The highest BCUT2D eigenvalue weighted by molar-refractivity contribution is 7.18. The monoisotopic (exact) mass is 316 g/mol. The third kappa shape index (κ3) is 1.71. The number of hydrogen-bond acceptors (Lipinski definition) is 6. The van der Waals surface area contributed by atoms with Gasteiger partial charge in [-0.2, -0.15) is 0 Å². The largest absolute Gasteiger partial charge is 0.374 e. The number of fused-ring (bicyclic) bond motifs is 1. The van der Waals surface area contributed by atoms with E-state index in [4.69, 9.17) is 4.74 Å². The Kier molecular flexibility index (Phi) is 2.77. The predicted octanol–water partition coefficient (Wildman–Crippen LogP) is 3.15. The topological polar surface area (TPSA) is 59.9 Å². The molecule has 2 aromatic rings. The van der Waals surface area contributed by atoms with E-state index in [1.807, 2.05) is 6.92 Å². The van der Waals surface area contributed by atoms with Gasteiger partial charge in [0.1, 0.15) is 16.7 Å². The van der Waals surface area contributed by atoms with E-state index in [0.717, 1.165) is 33.7 Å². The number of hydrogen-bond donors (Lipinski definition) is 1. The number of anilines is 1. The van der Waals surface area contributed by atoms with Crippen LogP contribution in [-0.2, 0) is 4.74 Å². The van der Waals surface area contributed by atoms with Crippen molar-refractivity contribution in [1.82, 2.24) is 15.0 Å². The minimum atomic E-state index is 0.181. The highest BCUT2D eigenvalue weighted by atomic mass is 32.1. The summed E-state index contributed by atoms with van der Waals surface area (Å²) >= 11 is 1.63. The Morgan fingerprint density at radius 2 is 2.32 bits per heavy atom. The van der Waals surface area contributed by atoms with Crippen molar-refractivity contribution in [3.63, 3.8) is 0 Å². The van der Waals surface area contributed by atoms with E-state index in [9.17, 15) is 0 Å². The summed E-state index contributed by atoms with van der Waals surface area (Å²) in [5.74, 6) is 2.34. The zero-order valence-corrected chi connectivity index (χ0v) is 13.5. The molecule has 5 nitrogen and oxygen atoms in total. The van der Waals surface area contributed by atoms with Gasteiger partial charge in [0.05, 0.1) is 10.6 Å². The van der Waals surface area contributed by atoms with Crippen LogP contribution in [0.1, 0.15) is 37.1 Å². The van der Waals surface area contributed by atoms with Crippen LogP contribution in [0.5, 0.6) is 0 Å². The lowest BCUT2D eigenvalue weighted by molar-refractivity contribution is -0.160. The van der Waals surface area contributed by atoms with Crippen LogP contribution in [0.3, 0.4) is 0 Å². The lowest BCUT2D eigenvalue weighted by Gasteiger charge is -2.57. The summed E-state index contributed by atoms with van der Waals surface area (Å²) in [6.07, 6.45) is 7.91. The van der Waals surface area contributed by atoms with E-state index >= 15 is 0 Å². The predicted molar refractivity (Wildman–Crippen MR) is 86.1 cm³/mol. The first-order valence-electron chi connectivity index (χ1n) is 8.25. The Hall–Kier alpha value is -1.27. The van der Waals surface area contributed by atoms with Gasteiger partial charge in [0.2, 0.25) is 0 Å². The number of nitrogens with zero attached hydrogens (tertiary/aromatic N) is 3. The maximum absolute atomic E-state index is 6.22. The molecule has 0 aromatic carbocycles. The highest BCUT2D eigenvalue weighted by Gasteiger charge is 2.62. The number of aryl methyl sites for hydroxylation is 1. The molecule has 3 fully saturated rings. The van der Waals surface area contributed by atoms with Gasteiger partial charge in [-0.05, 0) is 44.9 Å². The molecule has 2 saturated carbocycles. The van der Waals surface area contributed by atoms with Gasteiger partial charge >= 0.3 is 0 Å². The Morgan fingerprint density at radius 3 is 3.23 bits per heavy atom. The van der Waals surface area contributed by atoms with Crippen molar-refractivity contribution in [2.75, 3.05) is 11.9 Å². The van der Waals surface area contributed by atoms with Crippen LogP contribution < -0.4 is 5.32 Å². The maximum Gasteiger partial charge on any atom is 0.157 e. The van der Waals surface area contributed by atoms with E-state index < -0.39 is 0 Å². The molecule has 2 aromatic heterocycles. The Balaban J connectivity index is 1.45. The SMILES string of the molecule is Cc1nc2c(NC3CCCC45OCCC4CC35)ncnc2s1. The van der Waals surface area contributed by atoms with E-state index in [1.54, 1.807) is 17.7 Å². The van der Waals surface area contributed by atoms with Gasteiger partial charge < -0.3 is 10.1 Å². The fourth-order valence-corrected chi connectivity index (χ4v) is 5.66. The molecule has 1 N–H and O–H groups in total. The van der Waals surface area contributed by atoms with Gasteiger partial charge in [0.15, 0.2) is 5.82 Å². The van der Waals surface area contributed by atoms with E-state index in [2.05, 4.69) is 20.3 Å². The normalized spacial score (nSPS) is 36.7. The highest BCUT2D eigenvalue weighted by Crippen LogP contribution is 2.59. The van der Waals surface area contributed by atoms with E-state index in [0.29, 0.717) is 12.0 Å². The lowest BCUT2D eigenvalue weighted by atomic mass is 9.53. The summed E-state index contributed by atoms with van der Waals surface area (Å²) < 4.78 is 6.22. The molecule has 1 saturated heterocycles. The smallest absolute Gasteiger partial charge is 0.157 e. The zero-order chi connectivity index (χ0) is 14.7. The quantitative estimate of drug-likeness (QED) is 0.922. The van der Waals surface area contributed by atoms with Gasteiger partial charge in [-0.1, -0.05) is 11.3 Å². The number of thiazole rings is 1. The molecular formula is C16H20N4OS. The molecule has 3 aliphatic rings. The van der Waals surface area contributed by atoms with Gasteiger partial charge in [0, 0.05) is 18.6 Å². The maximum atomic E-state index is 6.22. The molecule has 0 bridgehead atoms. The number of ether oxygens (including phenoxy) is 1. The molecule has 116 valence electrons. The lowest BCUT2D eigenvalue weighted by Crippen LogP contribution is -2.61. The van der Waals surface area contributed by atoms with Crippen LogP contribution in [0.15, 0.2) is 6.33 Å². The fraction of sp³-hybridized carbons (Fsp3) is 0.688. The minimum absolute atomic E-state index is 0.181. The van der Waals surface area contributed by atoms with Crippen molar-refractivity contribution in [2.24, 2.45) is 11.8 Å². The van der Waals surface area contributed by atoms with Gasteiger partial charge in [0.25, 0.3) is 0 Å². The van der Waals surface area contributed by atoms with Crippen molar-refractivity contribution in [2.45, 2.75) is 50.7 Å². The average molecular weight is 316 g/mol. The Bertz CT molecular complexity index is 732. The first-order valence-corrected chi connectivity index (χ1v) is 9.06. The third-order valence-electron chi connectivity index (χ3n) is 5.89. The number of aromatic nitrogens is 3. The van der Waals surface area contributed by atoms with Gasteiger partial charge in [-0.3, -0.25) is 0 Å². The summed E-state index contributed by atoms with van der Waals surface area (Å²) in [4.78, 5) is 14.4. The second-order valence-corrected chi connectivity index (χ2v) is 8.06. The van der Waals surface area contributed by atoms with Crippen LogP contribution >= 0.6 is 11.3 Å². The average Bonchev–Trinajstić information content (AvgIpc) is 2.99. The molecule has 1 aliphatic heterocycles. The zero-order valence-electron chi connectivity index (χ0n) is 12.7. The van der Waals surface area contributed by atoms with Crippen molar-refractivity contribution in [3.05, 3.63) is 11.3 Å². The molecule has 0 radical (unpaired) electrons. The minimum Gasteiger partial charge on any atom is -0.374 e. The molecule has 22 heavy (non-hydrogen) atoms. The molecular weight excluding hydrogens is 296 g/mol. The summed E-state index contributed by atoms with van der Waals surface area (Å²) in [6, 6.07) is 0.461. The van der Waals surface area contributed by atoms with Crippen LogP contribution in [0, 0.1) is 18.8 Å². The first-order chi connectivity index (χ1) is 10.8. The molecule has 2 aliphatic carbocycles. The van der Waals surface area contributed by atoms with Crippen LogP contribution in [0.4, 0.5) is 5.82 Å². The van der Waals surface area contributed by atoms with Crippen molar-refractivity contribution in [3.8, 4) is 0 Å². The molecule has 1 spiro atoms. The second kappa shape index (κ2) is 4.61. The second-order valence-electron chi connectivity index (χ2n) is 6.88. The van der Waals surface area contributed by atoms with E-state index in [1.165, 1.54) is 32.1 Å². The standard InChI is InChI=1S/C16H20N4OS/c1-9-19-13-14(17-8-18-15(13)22-9)20-12-3-2-5-16-10(4-6-21-16)7-11(12)16/h8,10-12H,2-7H2,1H3,(H,17,18,20). The first kappa shape index (κ1) is 13.2. The van der Waals surface area contributed by atoms with Crippen LogP contribution in [0.25, 0.3) is 10.3 Å². The molecule has 4 atom stereocenters. The van der Waals surface area contributed by atoms with Gasteiger partial charge in [-0.15, -0.1) is 0 Å². The summed E-state index contributed by atoms with van der Waals surface area (Å²) in [5, 5.41) is 4.73. The molecule has 4 unspecified atom stereocenters. The summed E-state index contributed by atoms with van der Waals surface area (Å²) in [7, 11) is 0. The molecule has 3 heterocycles. The molecule has 0 amide bonds. The van der Waals surface area contributed by atoms with Crippen molar-refractivity contribution in [1.29, 1.82) is 0 Å². The fourth-order valence-electron chi connectivity index (χ4n) is 4.90. The van der Waals surface area contributed by atoms with Crippen LogP contribution in [-0.4, -0.2) is 33.2 Å². The number of rotatable bonds is 2. The Labute approximate surface area is 133 Å². The molecule has 6 heteroatoms. The number of nitrogens with one attached hydrogen (secondary N) is 1.